The standard InChI is InChI=1S/C24H20FN3O3/c25-18-8-10-19(11-9-18)28-22(5-1-2-6-23(29)30)27-21-14-16(7-12-20(21)24(28)31)17-4-3-13-26-15-17/h3-4,7-15H,1-2,5-6H2,(H,29,30). The van der Waals surface area contributed by atoms with Crippen molar-refractivity contribution in [3.8, 4) is 16.8 Å². The normalized spacial score (nSPS) is 11.0. The average Bonchev–Trinajstić information content (AvgIpc) is 2.78. The molecule has 31 heavy (non-hydrogen) atoms. The maximum Gasteiger partial charge on any atom is 0.303 e. The van der Waals surface area contributed by atoms with Gasteiger partial charge in [0, 0.05) is 30.8 Å². The summed E-state index contributed by atoms with van der Waals surface area (Å²) >= 11 is 0. The van der Waals surface area contributed by atoms with Crippen LogP contribution in [0, 0.1) is 5.82 Å². The van der Waals surface area contributed by atoms with Gasteiger partial charge in [0.05, 0.1) is 16.6 Å². The third kappa shape index (κ3) is 4.50. The molecule has 0 aliphatic rings. The van der Waals surface area contributed by atoms with E-state index in [0.717, 1.165) is 11.1 Å². The first-order chi connectivity index (χ1) is 15.0. The van der Waals surface area contributed by atoms with Crippen LogP contribution in [0.2, 0.25) is 0 Å². The second kappa shape index (κ2) is 8.87. The summed E-state index contributed by atoms with van der Waals surface area (Å²) in [7, 11) is 0. The lowest BCUT2D eigenvalue weighted by Crippen LogP contribution is -2.24. The van der Waals surface area contributed by atoms with E-state index in [1.165, 1.54) is 28.8 Å². The van der Waals surface area contributed by atoms with Gasteiger partial charge in [0.2, 0.25) is 0 Å². The van der Waals surface area contributed by atoms with Gasteiger partial charge in [-0.3, -0.25) is 19.1 Å². The highest BCUT2D eigenvalue weighted by molar-refractivity contribution is 5.83. The van der Waals surface area contributed by atoms with Gasteiger partial charge in [-0.2, -0.15) is 0 Å². The van der Waals surface area contributed by atoms with Crippen LogP contribution in [0.15, 0.2) is 71.8 Å². The number of carboxylic acid groups (broad SMARTS) is 1. The van der Waals surface area contributed by atoms with E-state index in [0.29, 0.717) is 41.7 Å². The Morgan fingerprint density at radius 1 is 1.03 bits per heavy atom. The van der Waals surface area contributed by atoms with E-state index in [4.69, 9.17) is 10.1 Å². The SMILES string of the molecule is O=C(O)CCCCc1nc2cc(-c3cccnc3)ccc2c(=O)n1-c1ccc(F)cc1. The fraction of sp³-hybridized carbons (Fsp3) is 0.167. The minimum absolute atomic E-state index is 0.0551. The number of pyridine rings is 1. The van der Waals surface area contributed by atoms with Crippen molar-refractivity contribution in [2.45, 2.75) is 25.7 Å². The van der Waals surface area contributed by atoms with Gasteiger partial charge in [-0.1, -0.05) is 12.1 Å². The molecule has 1 N–H and O–H groups in total. The average molecular weight is 417 g/mol. The molecule has 0 amide bonds. The van der Waals surface area contributed by atoms with Crippen LogP contribution in [0.5, 0.6) is 0 Å². The highest BCUT2D eigenvalue weighted by Crippen LogP contribution is 2.23. The Bertz CT molecular complexity index is 1290. The summed E-state index contributed by atoms with van der Waals surface area (Å²) in [5, 5.41) is 9.33. The van der Waals surface area contributed by atoms with Gasteiger partial charge in [-0.25, -0.2) is 9.37 Å². The Hall–Kier alpha value is -3.87. The lowest BCUT2D eigenvalue weighted by molar-refractivity contribution is -0.137. The fourth-order valence-corrected chi connectivity index (χ4v) is 3.53. The van der Waals surface area contributed by atoms with Crippen molar-refractivity contribution in [3.63, 3.8) is 0 Å². The third-order valence-electron chi connectivity index (χ3n) is 5.06. The fourth-order valence-electron chi connectivity index (χ4n) is 3.53. The summed E-state index contributed by atoms with van der Waals surface area (Å²) in [5.41, 5.74) is 2.63. The van der Waals surface area contributed by atoms with Gasteiger partial charge >= 0.3 is 5.97 Å². The Labute approximate surface area is 177 Å². The Morgan fingerprint density at radius 2 is 1.84 bits per heavy atom. The molecule has 6 nitrogen and oxygen atoms in total. The molecule has 4 rings (SSSR count). The molecule has 2 aromatic heterocycles. The monoisotopic (exact) mass is 417 g/mol. The van der Waals surface area contributed by atoms with Crippen LogP contribution in [0.25, 0.3) is 27.7 Å². The van der Waals surface area contributed by atoms with Gasteiger partial charge < -0.3 is 5.11 Å². The minimum atomic E-state index is -0.858. The smallest absolute Gasteiger partial charge is 0.303 e. The van der Waals surface area contributed by atoms with Crippen LogP contribution < -0.4 is 5.56 Å². The maximum atomic E-state index is 13.4. The Kier molecular flexibility index (Phi) is 5.84. The molecule has 0 radical (unpaired) electrons. The first-order valence-electron chi connectivity index (χ1n) is 9.97. The zero-order valence-corrected chi connectivity index (χ0v) is 16.7. The van der Waals surface area contributed by atoms with Crippen LogP contribution in [-0.4, -0.2) is 25.6 Å². The number of aryl methyl sites for hydroxylation is 1. The second-order valence-corrected chi connectivity index (χ2v) is 7.22. The van der Waals surface area contributed by atoms with Crippen molar-refractivity contribution in [1.29, 1.82) is 0 Å². The van der Waals surface area contributed by atoms with Crippen molar-refractivity contribution in [2.75, 3.05) is 0 Å². The van der Waals surface area contributed by atoms with Crippen molar-refractivity contribution in [3.05, 3.63) is 89.0 Å². The zero-order valence-electron chi connectivity index (χ0n) is 16.7. The van der Waals surface area contributed by atoms with Gasteiger partial charge in [0.25, 0.3) is 5.56 Å². The molecule has 0 fully saturated rings. The molecule has 156 valence electrons. The molecule has 0 saturated carbocycles. The predicted octanol–water partition coefficient (Wildman–Crippen LogP) is 4.38. The number of carboxylic acids is 1. The highest BCUT2D eigenvalue weighted by Gasteiger charge is 2.14. The highest BCUT2D eigenvalue weighted by atomic mass is 19.1. The summed E-state index contributed by atoms with van der Waals surface area (Å²) < 4.78 is 14.9. The summed E-state index contributed by atoms with van der Waals surface area (Å²) in [6, 6.07) is 14.9. The number of aliphatic carboxylic acids is 1. The van der Waals surface area contributed by atoms with Gasteiger partial charge in [0.1, 0.15) is 11.6 Å². The molecule has 0 saturated heterocycles. The molecular weight excluding hydrogens is 397 g/mol. The molecule has 0 aliphatic heterocycles. The Balaban J connectivity index is 1.82. The van der Waals surface area contributed by atoms with E-state index < -0.39 is 11.8 Å². The molecule has 4 aromatic rings. The van der Waals surface area contributed by atoms with Gasteiger partial charge in [-0.15, -0.1) is 0 Å². The summed E-state index contributed by atoms with van der Waals surface area (Å²) in [6.07, 6.45) is 4.95. The number of rotatable bonds is 7. The van der Waals surface area contributed by atoms with Crippen LogP contribution in [-0.2, 0) is 11.2 Å². The molecule has 0 atom stereocenters. The number of unbranched alkanes of at least 4 members (excludes halogenated alkanes) is 1. The van der Waals surface area contributed by atoms with Crippen LogP contribution in [0.4, 0.5) is 4.39 Å². The third-order valence-corrected chi connectivity index (χ3v) is 5.06. The topological polar surface area (TPSA) is 85.1 Å². The van der Waals surface area contributed by atoms with Gasteiger partial charge in [-0.05, 0) is 60.9 Å². The van der Waals surface area contributed by atoms with Crippen LogP contribution in [0.3, 0.4) is 0 Å². The molecule has 0 aliphatic carbocycles. The molecule has 0 bridgehead atoms. The van der Waals surface area contributed by atoms with E-state index in [1.807, 2.05) is 24.3 Å². The Morgan fingerprint density at radius 3 is 2.55 bits per heavy atom. The first kappa shape index (κ1) is 20.4. The van der Waals surface area contributed by atoms with E-state index in [9.17, 15) is 14.0 Å². The van der Waals surface area contributed by atoms with Crippen molar-refractivity contribution in [2.24, 2.45) is 0 Å². The molecular formula is C24H20FN3O3. The van der Waals surface area contributed by atoms with E-state index in [-0.39, 0.29) is 12.0 Å². The quantitative estimate of drug-likeness (QED) is 0.451. The number of fused-ring (bicyclic) bond motifs is 1. The summed E-state index contributed by atoms with van der Waals surface area (Å²) in [4.78, 5) is 33.0. The number of carbonyl (C=O) groups is 1. The number of aromatic nitrogens is 3. The molecule has 2 heterocycles. The van der Waals surface area contributed by atoms with Crippen LogP contribution >= 0.6 is 0 Å². The van der Waals surface area contributed by atoms with E-state index in [2.05, 4.69) is 4.98 Å². The van der Waals surface area contributed by atoms with Crippen molar-refractivity contribution < 1.29 is 14.3 Å². The van der Waals surface area contributed by atoms with E-state index >= 15 is 0 Å². The number of benzene rings is 2. The van der Waals surface area contributed by atoms with Crippen molar-refractivity contribution >= 4 is 16.9 Å². The number of hydrogen-bond donors (Lipinski definition) is 1. The second-order valence-electron chi connectivity index (χ2n) is 7.22. The molecule has 0 unspecified atom stereocenters. The van der Waals surface area contributed by atoms with Crippen LogP contribution in [0.1, 0.15) is 25.1 Å². The zero-order chi connectivity index (χ0) is 21.8. The largest absolute Gasteiger partial charge is 0.481 e. The lowest BCUT2D eigenvalue weighted by Gasteiger charge is -2.14. The number of hydrogen-bond acceptors (Lipinski definition) is 4. The first-order valence-corrected chi connectivity index (χ1v) is 9.97. The molecule has 7 heteroatoms. The predicted molar refractivity (Wildman–Crippen MR) is 116 cm³/mol. The van der Waals surface area contributed by atoms with Gasteiger partial charge in [0.15, 0.2) is 0 Å². The molecule has 2 aromatic carbocycles. The van der Waals surface area contributed by atoms with E-state index in [1.54, 1.807) is 18.5 Å². The molecule has 0 spiro atoms. The summed E-state index contributed by atoms with van der Waals surface area (Å²) in [6.45, 7) is 0. The lowest BCUT2D eigenvalue weighted by atomic mass is 10.1. The minimum Gasteiger partial charge on any atom is -0.481 e. The number of halogens is 1. The summed E-state index contributed by atoms with van der Waals surface area (Å²) in [5.74, 6) is -0.740. The van der Waals surface area contributed by atoms with Crippen molar-refractivity contribution in [1.82, 2.24) is 14.5 Å². The number of nitrogens with zero attached hydrogens (tertiary/aromatic N) is 3. The maximum absolute atomic E-state index is 13.4.